The first kappa shape index (κ1) is 14.8. The van der Waals surface area contributed by atoms with Crippen molar-refractivity contribution in [2.45, 2.75) is 39.0 Å². The number of carbonyl (C=O) groups is 1. The van der Waals surface area contributed by atoms with Gasteiger partial charge in [-0.05, 0) is 57.2 Å². The normalized spacial score (nSPS) is 32.4. The average Bonchev–Trinajstić information content (AvgIpc) is 2.93. The fraction of sp³-hybridized carbons (Fsp3) is 0.933. The highest BCUT2D eigenvalue weighted by Crippen LogP contribution is 2.28. The standard InChI is InChI=1S/C15H29N3O/c1-2-18-7-6-13(11-18)10-17-15(19)14-5-3-4-12(8-14)9-16/h12-14H,2-11,16H2,1H3,(H,17,19). The first-order valence-corrected chi connectivity index (χ1v) is 7.93. The van der Waals surface area contributed by atoms with Gasteiger partial charge in [-0.2, -0.15) is 0 Å². The van der Waals surface area contributed by atoms with E-state index < -0.39 is 0 Å². The van der Waals surface area contributed by atoms with E-state index in [1.54, 1.807) is 0 Å². The van der Waals surface area contributed by atoms with Gasteiger partial charge in [0.2, 0.25) is 5.91 Å². The maximum absolute atomic E-state index is 12.2. The van der Waals surface area contributed by atoms with Crippen molar-refractivity contribution in [3.63, 3.8) is 0 Å². The lowest BCUT2D eigenvalue weighted by Crippen LogP contribution is -2.38. The van der Waals surface area contributed by atoms with Crippen molar-refractivity contribution in [2.75, 3.05) is 32.7 Å². The molecule has 1 heterocycles. The molecule has 2 fully saturated rings. The number of rotatable bonds is 5. The maximum Gasteiger partial charge on any atom is 0.223 e. The molecular weight excluding hydrogens is 238 g/mol. The molecule has 4 nitrogen and oxygen atoms in total. The molecule has 1 saturated heterocycles. The van der Waals surface area contributed by atoms with Crippen LogP contribution in [0.4, 0.5) is 0 Å². The molecule has 2 aliphatic rings. The Hall–Kier alpha value is -0.610. The molecular formula is C15H29N3O. The summed E-state index contributed by atoms with van der Waals surface area (Å²) in [6.45, 7) is 7.26. The highest BCUT2D eigenvalue weighted by molar-refractivity contribution is 5.78. The summed E-state index contributed by atoms with van der Waals surface area (Å²) >= 11 is 0. The molecule has 2 rings (SSSR count). The fourth-order valence-electron chi connectivity index (χ4n) is 3.50. The molecule has 110 valence electrons. The van der Waals surface area contributed by atoms with Crippen LogP contribution in [0.3, 0.4) is 0 Å². The number of hydrogen-bond acceptors (Lipinski definition) is 3. The Morgan fingerprint density at radius 3 is 2.84 bits per heavy atom. The van der Waals surface area contributed by atoms with E-state index >= 15 is 0 Å². The summed E-state index contributed by atoms with van der Waals surface area (Å²) in [6, 6.07) is 0. The predicted molar refractivity (Wildman–Crippen MR) is 77.7 cm³/mol. The Kier molecular flexibility index (Phi) is 5.64. The fourth-order valence-corrected chi connectivity index (χ4v) is 3.50. The molecule has 1 amide bonds. The van der Waals surface area contributed by atoms with Crippen molar-refractivity contribution in [3.05, 3.63) is 0 Å². The number of nitrogens with one attached hydrogen (secondary N) is 1. The van der Waals surface area contributed by atoms with Gasteiger partial charge < -0.3 is 16.0 Å². The zero-order valence-electron chi connectivity index (χ0n) is 12.2. The summed E-state index contributed by atoms with van der Waals surface area (Å²) in [4.78, 5) is 14.7. The van der Waals surface area contributed by atoms with Gasteiger partial charge >= 0.3 is 0 Å². The first-order valence-electron chi connectivity index (χ1n) is 7.93. The van der Waals surface area contributed by atoms with E-state index in [-0.39, 0.29) is 11.8 Å². The second-order valence-corrected chi connectivity index (χ2v) is 6.26. The summed E-state index contributed by atoms with van der Waals surface area (Å²) in [5.41, 5.74) is 5.73. The molecule has 1 aliphatic carbocycles. The van der Waals surface area contributed by atoms with E-state index in [0.717, 1.165) is 45.4 Å². The third-order valence-electron chi connectivity index (χ3n) is 4.87. The molecule has 0 spiro atoms. The summed E-state index contributed by atoms with van der Waals surface area (Å²) in [5.74, 6) is 1.70. The van der Waals surface area contributed by atoms with Gasteiger partial charge in [0.05, 0.1) is 0 Å². The molecule has 0 bridgehead atoms. The van der Waals surface area contributed by atoms with E-state index in [4.69, 9.17) is 5.73 Å². The topological polar surface area (TPSA) is 58.4 Å². The van der Waals surface area contributed by atoms with Crippen LogP contribution in [0.15, 0.2) is 0 Å². The molecule has 0 aromatic rings. The minimum atomic E-state index is 0.214. The molecule has 0 aromatic heterocycles. The molecule has 1 saturated carbocycles. The molecule has 3 unspecified atom stereocenters. The Morgan fingerprint density at radius 1 is 1.32 bits per heavy atom. The average molecular weight is 267 g/mol. The van der Waals surface area contributed by atoms with E-state index in [9.17, 15) is 4.79 Å². The SMILES string of the molecule is CCN1CCC(CNC(=O)C2CCCC(CN)C2)C1. The summed E-state index contributed by atoms with van der Waals surface area (Å²) in [7, 11) is 0. The quantitative estimate of drug-likeness (QED) is 0.787. The van der Waals surface area contributed by atoms with Crippen molar-refractivity contribution in [3.8, 4) is 0 Å². The summed E-state index contributed by atoms with van der Waals surface area (Å²) < 4.78 is 0. The molecule has 4 heteroatoms. The number of likely N-dealkylation sites (tertiary alicyclic amines) is 1. The second kappa shape index (κ2) is 7.25. The number of hydrogen-bond donors (Lipinski definition) is 2. The third kappa shape index (κ3) is 4.18. The monoisotopic (exact) mass is 267 g/mol. The number of nitrogens with zero attached hydrogens (tertiary/aromatic N) is 1. The first-order chi connectivity index (χ1) is 9.22. The number of carbonyl (C=O) groups excluding carboxylic acids is 1. The Labute approximate surface area is 117 Å². The van der Waals surface area contributed by atoms with E-state index in [0.29, 0.717) is 11.8 Å². The van der Waals surface area contributed by atoms with Gasteiger partial charge in [0.15, 0.2) is 0 Å². The zero-order chi connectivity index (χ0) is 13.7. The van der Waals surface area contributed by atoms with Crippen LogP contribution in [0.2, 0.25) is 0 Å². The van der Waals surface area contributed by atoms with Crippen LogP contribution in [0.25, 0.3) is 0 Å². The highest BCUT2D eigenvalue weighted by atomic mass is 16.1. The van der Waals surface area contributed by atoms with Crippen LogP contribution < -0.4 is 11.1 Å². The zero-order valence-corrected chi connectivity index (χ0v) is 12.2. The van der Waals surface area contributed by atoms with E-state index in [1.165, 1.54) is 19.4 Å². The predicted octanol–water partition coefficient (Wildman–Crippen LogP) is 1.21. The van der Waals surface area contributed by atoms with Crippen LogP contribution in [-0.4, -0.2) is 43.5 Å². The number of nitrogens with two attached hydrogens (primary N) is 1. The van der Waals surface area contributed by atoms with E-state index in [1.807, 2.05) is 0 Å². The molecule has 0 aromatic carbocycles. The van der Waals surface area contributed by atoms with Crippen LogP contribution >= 0.6 is 0 Å². The van der Waals surface area contributed by atoms with Gasteiger partial charge in [-0.1, -0.05) is 13.3 Å². The van der Waals surface area contributed by atoms with Gasteiger partial charge in [0, 0.05) is 19.0 Å². The van der Waals surface area contributed by atoms with Crippen molar-refractivity contribution < 1.29 is 4.79 Å². The van der Waals surface area contributed by atoms with E-state index in [2.05, 4.69) is 17.1 Å². The molecule has 1 aliphatic heterocycles. The highest BCUT2D eigenvalue weighted by Gasteiger charge is 2.27. The molecule has 0 radical (unpaired) electrons. The van der Waals surface area contributed by atoms with Crippen LogP contribution in [0.5, 0.6) is 0 Å². The lowest BCUT2D eigenvalue weighted by Gasteiger charge is -2.27. The minimum absolute atomic E-state index is 0.214. The van der Waals surface area contributed by atoms with Gasteiger partial charge in [0.1, 0.15) is 0 Å². The lowest BCUT2D eigenvalue weighted by molar-refractivity contribution is -0.126. The van der Waals surface area contributed by atoms with Crippen LogP contribution in [0.1, 0.15) is 39.0 Å². The largest absolute Gasteiger partial charge is 0.356 e. The van der Waals surface area contributed by atoms with Gasteiger partial charge in [-0.15, -0.1) is 0 Å². The third-order valence-corrected chi connectivity index (χ3v) is 4.87. The Morgan fingerprint density at radius 2 is 2.16 bits per heavy atom. The van der Waals surface area contributed by atoms with Crippen LogP contribution in [-0.2, 0) is 4.79 Å². The minimum Gasteiger partial charge on any atom is -0.356 e. The summed E-state index contributed by atoms with van der Waals surface area (Å²) in [5, 5.41) is 3.18. The van der Waals surface area contributed by atoms with Crippen molar-refractivity contribution in [1.82, 2.24) is 10.2 Å². The second-order valence-electron chi connectivity index (χ2n) is 6.26. The number of amides is 1. The van der Waals surface area contributed by atoms with Crippen molar-refractivity contribution in [1.29, 1.82) is 0 Å². The van der Waals surface area contributed by atoms with Gasteiger partial charge in [0.25, 0.3) is 0 Å². The Bertz CT molecular complexity index is 295. The van der Waals surface area contributed by atoms with Gasteiger partial charge in [-0.25, -0.2) is 0 Å². The van der Waals surface area contributed by atoms with Crippen molar-refractivity contribution in [2.24, 2.45) is 23.5 Å². The van der Waals surface area contributed by atoms with Crippen molar-refractivity contribution >= 4 is 5.91 Å². The molecule has 19 heavy (non-hydrogen) atoms. The lowest BCUT2D eigenvalue weighted by atomic mass is 9.81. The van der Waals surface area contributed by atoms with Crippen LogP contribution in [0, 0.1) is 17.8 Å². The molecule has 3 atom stereocenters. The maximum atomic E-state index is 12.2. The molecule has 3 N–H and O–H groups in total. The smallest absolute Gasteiger partial charge is 0.223 e. The Balaban J connectivity index is 1.69. The summed E-state index contributed by atoms with van der Waals surface area (Å²) in [6.07, 6.45) is 5.63. The van der Waals surface area contributed by atoms with Gasteiger partial charge in [-0.3, -0.25) is 4.79 Å².